The van der Waals surface area contributed by atoms with Crippen LogP contribution in [0.5, 0.6) is 0 Å². The first-order valence-corrected chi connectivity index (χ1v) is 5.91. The summed E-state index contributed by atoms with van der Waals surface area (Å²) in [5.41, 5.74) is 5.97. The number of hydrogen-bond donors (Lipinski definition) is 1. The van der Waals surface area contributed by atoms with Crippen molar-refractivity contribution in [2.45, 2.75) is 58.5 Å². The molecule has 2 atom stereocenters. The summed E-state index contributed by atoms with van der Waals surface area (Å²) in [5, 5.41) is 0. The lowest BCUT2D eigenvalue weighted by molar-refractivity contribution is 0.251. The third kappa shape index (κ3) is 3.97. The molecule has 14 heavy (non-hydrogen) atoms. The summed E-state index contributed by atoms with van der Waals surface area (Å²) < 4.78 is 0. The Morgan fingerprint density at radius 2 is 2.00 bits per heavy atom. The molecule has 1 heterocycles. The molecular formula is C12H26N2. The van der Waals surface area contributed by atoms with Crippen molar-refractivity contribution in [2.24, 2.45) is 11.7 Å². The fourth-order valence-electron chi connectivity index (χ4n) is 2.44. The molecule has 1 fully saturated rings. The van der Waals surface area contributed by atoms with E-state index in [4.69, 9.17) is 5.73 Å². The second-order valence-corrected chi connectivity index (χ2v) is 5.78. The summed E-state index contributed by atoms with van der Waals surface area (Å²) in [6.45, 7) is 11.4. The topological polar surface area (TPSA) is 29.3 Å². The molecule has 0 aromatic rings. The number of likely N-dealkylation sites (tertiary alicyclic amines) is 1. The fraction of sp³-hybridized carbons (Fsp3) is 1.00. The Labute approximate surface area is 88.8 Å². The highest BCUT2D eigenvalue weighted by Gasteiger charge is 2.25. The normalized spacial score (nSPS) is 29.8. The fourth-order valence-corrected chi connectivity index (χ4v) is 2.44. The Morgan fingerprint density at radius 3 is 2.43 bits per heavy atom. The SMILES string of the molecule is CC1CC(C)N(CCCC(C)(C)N)C1. The van der Waals surface area contributed by atoms with Gasteiger partial charge < -0.3 is 10.6 Å². The highest BCUT2D eigenvalue weighted by molar-refractivity contribution is 4.81. The Bertz CT molecular complexity index is 172. The maximum Gasteiger partial charge on any atom is 0.00975 e. The van der Waals surface area contributed by atoms with Gasteiger partial charge >= 0.3 is 0 Å². The van der Waals surface area contributed by atoms with E-state index in [0.717, 1.165) is 18.4 Å². The average molecular weight is 198 g/mol. The predicted octanol–water partition coefficient (Wildman–Crippen LogP) is 2.23. The van der Waals surface area contributed by atoms with E-state index in [2.05, 4.69) is 32.6 Å². The van der Waals surface area contributed by atoms with Crippen LogP contribution < -0.4 is 5.73 Å². The van der Waals surface area contributed by atoms with E-state index in [-0.39, 0.29) is 5.54 Å². The molecule has 0 bridgehead atoms. The maximum absolute atomic E-state index is 5.96. The standard InChI is InChI=1S/C12H26N2/c1-10-8-11(2)14(9-10)7-5-6-12(3,4)13/h10-11H,5-9,13H2,1-4H3. The van der Waals surface area contributed by atoms with Crippen LogP contribution in [0.3, 0.4) is 0 Å². The third-order valence-electron chi connectivity index (χ3n) is 3.18. The number of nitrogens with two attached hydrogens (primary N) is 1. The third-order valence-corrected chi connectivity index (χ3v) is 3.18. The molecule has 0 amide bonds. The second kappa shape index (κ2) is 4.63. The molecule has 0 aromatic heterocycles. The maximum atomic E-state index is 5.96. The van der Waals surface area contributed by atoms with Crippen LogP contribution in [0.15, 0.2) is 0 Å². The van der Waals surface area contributed by atoms with E-state index in [9.17, 15) is 0 Å². The number of hydrogen-bond acceptors (Lipinski definition) is 2. The minimum Gasteiger partial charge on any atom is -0.326 e. The highest BCUT2D eigenvalue weighted by atomic mass is 15.2. The summed E-state index contributed by atoms with van der Waals surface area (Å²) >= 11 is 0. The molecular weight excluding hydrogens is 172 g/mol. The minimum absolute atomic E-state index is 0.00851. The summed E-state index contributed by atoms with van der Waals surface area (Å²) in [6.07, 6.45) is 3.73. The van der Waals surface area contributed by atoms with Crippen molar-refractivity contribution < 1.29 is 0 Å². The monoisotopic (exact) mass is 198 g/mol. The van der Waals surface area contributed by atoms with E-state index in [1.54, 1.807) is 0 Å². The zero-order valence-corrected chi connectivity index (χ0v) is 10.2. The molecule has 1 saturated heterocycles. The highest BCUT2D eigenvalue weighted by Crippen LogP contribution is 2.22. The van der Waals surface area contributed by atoms with Crippen molar-refractivity contribution in [1.82, 2.24) is 4.90 Å². The molecule has 1 rings (SSSR count). The van der Waals surface area contributed by atoms with Crippen LogP contribution in [0.1, 0.15) is 47.0 Å². The Morgan fingerprint density at radius 1 is 1.36 bits per heavy atom. The van der Waals surface area contributed by atoms with Gasteiger partial charge in [-0.3, -0.25) is 0 Å². The van der Waals surface area contributed by atoms with E-state index in [0.29, 0.717) is 0 Å². The van der Waals surface area contributed by atoms with Gasteiger partial charge in [-0.05, 0) is 52.5 Å². The van der Waals surface area contributed by atoms with Gasteiger partial charge in [0, 0.05) is 18.1 Å². The van der Waals surface area contributed by atoms with Gasteiger partial charge in [-0.1, -0.05) is 6.92 Å². The summed E-state index contributed by atoms with van der Waals surface area (Å²) in [5.74, 6) is 0.885. The van der Waals surface area contributed by atoms with Crippen LogP contribution in [0.4, 0.5) is 0 Å². The van der Waals surface area contributed by atoms with Gasteiger partial charge in [0.1, 0.15) is 0 Å². The van der Waals surface area contributed by atoms with E-state index in [1.807, 2.05) is 0 Å². The Kier molecular flexibility index (Phi) is 3.96. The van der Waals surface area contributed by atoms with Gasteiger partial charge in [-0.25, -0.2) is 0 Å². The number of nitrogens with zero attached hydrogens (tertiary/aromatic N) is 1. The quantitative estimate of drug-likeness (QED) is 0.750. The summed E-state index contributed by atoms with van der Waals surface area (Å²) in [7, 11) is 0. The van der Waals surface area contributed by atoms with E-state index < -0.39 is 0 Å². The molecule has 0 aliphatic carbocycles. The average Bonchev–Trinajstić information content (AvgIpc) is 2.27. The van der Waals surface area contributed by atoms with Crippen molar-refractivity contribution >= 4 is 0 Å². The van der Waals surface area contributed by atoms with Gasteiger partial charge in [0.05, 0.1) is 0 Å². The predicted molar refractivity (Wildman–Crippen MR) is 62.3 cm³/mol. The largest absolute Gasteiger partial charge is 0.326 e. The summed E-state index contributed by atoms with van der Waals surface area (Å²) in [4.78, 5) is 2.61. The van der Waals surface area contributed by atoms with Crippen LogP contribution in [0.2, 0.25) is 0 Å². The molecule has 2 unspecified atom stereocenters. The van der Waals surface area contributed by atoms with Crippen molar-refractivity contribution in [3.05, 3.63) is 0 Å². The lowest BCUT2D eigenvalue weighted by atomic mass is 10.00. The zero-order chi connectivity index (χ0) is 10.8. The van der Waals surface area contributed by atoms with Gasteiger partial charge in [0.2, 0.25) is 0 Å². The Balaban J connectivity index is 2.19. The molecule has 1 aliphatic heterocycles. The zero-order valence-electron chi connectivity index (χ0n) is 10.2. The molecule has 2 nitrogen and oxygen atoms in total. The van der Waals surface area contributed by atoms with Gasteiger partial charge in [0.15, 0.2) is 0 Å². The van der Waals surface area contributed by atoms with Crippen molar-refractivity contribution in [3.63, 3.8) is 0 Å². The molecule has 1 aliphatic rings. The van der Waals surface area contributed by atoms with Crippen LogP contribution in [0.25, 0.3) is 0 Å². The van der Waals surface area contributed by atoms with Crippen LogP contribution in [-0.2, 0) is 0 Å². The van der Waals surface area contributed by atoms with Gasteiger partial charge in [-0.15, -0.1) is 0 Å². The number of rotatable bonds is 4. The first-order valence-electron chi connectivity index (χ1n) is 5.91. The Hall–Kier alpha value is -0.0800. The van der Waals surface area contributed by atoms with E-state index >= 15 is 0 Å². The smallest absolute Gasteiger partial charge is 0.00975 e. The molecule has 0 aromatic carbocycles. The van der Waals surface area contributed by atoms with Crippen LogP contribution in [-0.4, -0.2) is 29.6 Å². The van der Waals surface area contributed by atoms with Gasteiger partial charge in [-0.2, -0.15) is 0 Å². The van der Waals surface area contributed by atoms with Gasteiger partial charge in [0.25, 0.3) is 0 Å². The first-order chi connectivity index (χ1) is 6.38. The first kappa shape index (κ1) is 12.0. The molecule has 0 radical (unpaired) electrons. The van der Waals surface area contributed by atoms with Crippen molar-refractivity contribution in [2.75, 3.05) is 13.1 Å². The van der Waals surface area contributed by atoms with Crippen LogP contribution in [0, 0.1) is 5.92 Å². The lowest BCUT2D eigenvalue weighted by Crippen LogP contribution is -2.34. The second-order valence-electron chi connectivity index (χ2n) is 5.78. The molecule has 0 spiro atoms. The minimum atomic E-state index is 0.00851. The lowest BCUT2D eigenvalue weighted by Gasteiger charge is -2.24. The van der Waals surface area contributed by atoms with Crippen molar-refractivity contribution in [1.29, 1.82) is 0 Å². The summed E-state index contributed by atoms with van der Waals surface area (Å²) in [6, 6.07) is 0.783. The molecule has 2 heteroatoms. The molecule has 0 saturated carbocycles. The van der Waals surface area contributed by atoms with E-state index in [1.165, 1.54) is 25.9 Å². The molecule has 2 N–H and O–H groups in total. The van der Waals surface area contributed by atoms with Crippen LogP contribution >= 0.6 is 0 Å². The molecule has 84 valence electrons. The van der Waals surface area contributed by atoms with Crippen molar-refractivity contribution in [3.8, 4) is 0 Å².